The molecule has 1 amide bonds. The molecular formula is C14H20N2O3. The highest BCUT2D eigenvalue weighted by Gasteiger charge is 2.16. The van der Waals surface area contributed by atoms with E-state index in [0.29, 0.717) is 5.69 Å². The van der Waals surface area contributed by atoms with Gasteiger partial charge in [-0.05, 0) is 18.9 Å². The van der Waals surface area contributed by atoms with Crippen molar-refractivity contribution in [2.24, 2.45) is 5.92 Å². The lowest BCUT2D eigenvalue weighted by Gasteiger charge is -2.14. The summed E-state index contributed by atoms with van der Waals surface area (Å²) in [6.45, 7) is 4.07. The van der Waals surface area contributed by atoms with Crippen molar-refractivity contribution >= 4 is 17.3 Å². The number of anilines is 1. The van der Waals surface area contributed by atoms with E-state index in [1.54, 1.807) is 12.1 Å². The number of carbonyl (C=O) groups is 1. The molecule has 19 heavy (non-hydrogen) atoms. The van der Waals surface area contributed by atoms with Crippen LogP contribution in [0.5, 0.6) is 0 Å². The zero-order chi connectivity index (χ0) is 14.3. The third kappa shape index (κ3) is 4.69. The van der Waals surface area contributed by atoms with Gasteiger partial charge >= 0.3 is 0 Å². The zero-order valence-corrected chi connectivity index (χ0v) is 11.4. The van der Waals surface area contributed by atoms with E-state index in [9.17, 15) is 14.9 Å². The van der Waals surface area contributed by atoms with Gasteiger partial charge in [-0.3, -0.25) is 14.9 Å². The van der Waals surface area contributed by atoms with Crippen LogP contribution in [0.1, 0.15) is 39.5 Å². The second kappa shape index (κ2) is 7.51. The number of nitro benzene ring substituents is 1. The number of nitrogens with zero attached hydrogens (tertiary/aromatic N) is 1. The number of unbranched alkanes of at least 4 members (excludes halogenated alkanes) is 1. The molecule has 104 valence electrons. The molecule has 0 radical (unpaired) electrons. The van der Waals surface area contributed by atoms with Crippen LogP contribution in [0.15, 0.2) is 24.3 Å². The predicted octanol–water partition coefficient (Wildman–Crippen LogP) is 3.75. The quantitative estimate of drug-likeness (QED) is 0.602. The maximum Gasteiger partial charge on any atom is 0.271 e. The number of non-ortho nitro benzene ring substituents is 1. The van der Waals surface area contributed by atoms with Crippen molar-refractivity contribution < 1.29 is 9.72 Å². The van der Waals surface area contributed by atoms with Gasteiger partial charge in [0.1, 0.15) is 0 Å². The molecular weight excluding hydrogens is 244 g/mol. The maximum atomic E-state index is 12.0. The Bertz CT molecular complexity index is 446. The first kappa shape index (κ1) is 15.1. The van der Waals surface area contributed by atoms with E-state index >= 15 is 0 Å². The molecule has 0 aromatic heterocycles. The summed E-state index contributed by atoms with van der Waals surface area (Å²) in [4.78, 5) is 22.2. The number of hydrogen-bond donors (Lipinski definition) is 1. The minimum atomic E-state index is -0.468. The summed E-state index contributed by atoms with van der Waals surface area (Å²) in [7, 11) is 0. The van der Waals surface area contributed by atoms with E-state index in [-0.39, 0.29) is 17.5 Å². The molecule has 1 atom stereocenters. The van der Waals surface area contributed by atoms with Gasteiger partial charge in [0.05, 0.1) is 4.92 Å². The molecule has 0 aliphatic heterocycles. The summed E-state index contributed by atoms with van der Waals surface area (Å²) in [5.41, 5.74) is 0.466. The first-order valence-electron chi connectivity index (χ1n) is 6.63. The summed E-state index contributed by atoms with van der Waals surface area (Å²) in [5, 5.41) is 13.4. The highest BCUT2D eigenvalue weighted by molar-refractivity contribution is 5.92. The van der Waals surface area contributed by atoms with Gasteiger partial charge < -0.3 is 5.32 Å². The molecule has 5 heteroatoms. The molecule has 0 saturated carbocycles. The van der Waals surface area contributed by atoms with E-state index in [0.717, 1.165) is 25.7 Å². The van der Waals surface area contributed by atoms with Crippen LogP contribution in [-0.4, -0.2) is 10.8 Å². The van der Waals surface area contributed by atoms with Gasteiger partial charge in [0, 0.05) is 23.7 Å². The van der Waals surface area contributed by atoms with Gasteiger partial charge in [-0.2, -0.15) is 0 Å². The van der Waals surface area contributed by atoms with Gasteiger partial charge in [-0.25, -0.2) is 0 Å². The molecule has 0 aliphatic rings. The number of benzene rings is 1. The Morgan fingerprint density at radius 2 is 2.16 bits per heavy atom. The second-order valence-corrected chi connectivity index (χ2v) is 4.54. The fourth-order valence-electron chi connectivity index (χ4n) is 1.91. The Balaban J connectivity index is 2.69. The number of carbonyl (C=O) groups excluding carboxylic acids is 1. The number of rotatable bonds is 7. The minimum absolute atomic E-state index is 0.0144. The van der Waals surface area contributed by atoms with Crippen LogP contribution in [0.4, 0.5) is 11.4 Å². The molecule has 1 aromatic carbocycles. The highest BCUT2D eigenvalue weighted by Crippen LogP contribution is 2.20. The fourth-order valence-corrected chi connectivity index (χ4v) is 1.91. The van der Waals surface area contributed by atoms with Crippen molar-refractivity contribution in [2.45, 2.75) is 39.5 Å². The van der Waals surface area contributed by atoms with E-state index in [1.165, 1.54) is 12.1 Å². The SMILES string of the molecule is CCCCC(CC)C(=O)Nc1cccc([N+](=O)[O-])c1. The van der Waals surface area contributed by atoms with Gasteiger partial charge in [0.15, 0.2) is 0 Å². The Hall–Kier alpha value is -1.91. The Morgan fingerprint density at radius 3 is 2.74 bits per heavy atom. The van der Waals surface area contributed by atoms with Gasteiger partial charge in [-0.1, -0.05) is 32.8 Å². The van der Waals surface area contributed by atoms with Crippen LogP contribution in [0.25, 0.3) is 0 Å². The average Bonchev–Trinajstić information content (AvgIpc) is 2.40. The molecule has 0 fully saturated rings. The van der Waals surface area contributed by atoms with E-state index < -0.39 is 4.92 Å². The molecule has 1 aromatic rings. The van der Waals surface area contributed by atoms with Crippen molar-refractivity contribution in [3.63, 3.8) is 0 Å². The third-order valence-electron chi connectivity index (χ3n) is 3.09. The summed E-state index contributed by atoms with van der Waals surface area (Å²) in [6, 6.07) is 6.02. The van der Waals surface area contributed by atoms with Crippen molar-refractivity contribution in [3.05, 3.63) is 34.4 Å². The summed E-state index contributed by atoms with van der Waals surface area (Å²) < 4.78 is 0. The standard InChI is InChI=1S/C14H20N2O3/c1-3-5-7-11(4-2)14(17)15-12-8-6-9-13(10-12)16(18)19/h6,8-11H,3-5,7H2,1-2H3,(H,15,17). The Morgan fingerprint density at radius 1 is 1.42 bits per heavy atom. The zero-order valence-electron chi connectivity index (χ0n) is 11.4. The maximum absolute atomic E-state index is 12.0. The summed E-state index contributed by atoms with van der Waals surface area (Å²) in [6.07, 6.45) is 3.70. The number of hydrogen-bond acceptors (Lipinski definition) is 3. The molecule has 0 saturated heterocycles. The topological polar surface area (TPSA) is 72.2 Å². The van der Waals surface area contributed by atoms with Crippen molar-refractivity contribution in [2.75, 3.05) is 5.32 Å². The lowest BCUT2D eigenvalue weighted by atomic mass is 9.98. The van der Waals surface area contributed by atoms with Crippen LogP contribution < -0.4 is 5.32 Å². The van der Waals surface area contributed by atoms with Crippen molar-refractivity contribution in [3.8, 4) is 0 Å². The van der Waals surface area contributed by atoms with E-state index in [1.807, 2.05) is 6.92 Å². The molecule has 1 rings (SSSR count). The van der Waals surface area contributed by atoms with Gasteiger partial charge in [0.2, 0.25) is 5.91 Å². The van der Waals surface area contributed by atoms with Crippen LogP contribution in [0.3, 0.4) is 0 Å². The fraction of sp³-hybridized carbons (Fsp3) is 0.500. The van der Waals surface area contributed by atoms with Crippen LogP contribution in [0.2, 0.25) is 0 Å². The highest BCUT2D eigenvalue weighted by atomic mass is 16.6. The Labute approximate surface area is 113 Å². The van der Waals surface area contributed by atoms with Crippen LogP contribution >= 0.6 is 0 Å². The number of amides is 1. The van der Waals surface area contributed by atoms with E-state index in [2.05, 4.69) is 12.2 Å². The normalized spacial score (nSPS) is 11.9. The van der Waals surface area contributed by atoms with Crippen LogP contribution in [0, 0.1) is 16.0 Å². The van der Waals surface area contributed by atoms with Gasteiger partial charge in [0.25, 0.3) is 5.69 Å². The average molecular weight is 264 g/mol. The molecule has 0 heterocycles. The molecule has 1 N–H and O–H groups in total. The lowest BCUT2D eigenvalue weighted by Crippen LogP contribution is -2.22. The monoisotopic (exact) mass is 264 g/mol. The molecule has 5 nitrogen and oxygen atoms in total. The molecule has 0 bridgehead atoms. The lowest BCUT2D eigenvalue weighted by molar-refractivity contribution is -0.384. The second-order valence-electron chi connectivity index (χ2n) is 4.54. The van der Waals surface area contributed by atoms with Gasteiger partial charge in [-0.15, -0.1) is 0 Å². The Kier molecular flexibility index (Phi) is 5.99. The molecule has 0 aliphatic carbocycles. The molecule has 0 spiro atoms. The summed E-state index contributed by atoms with van der Waals surface area (Å²) >= 11 is 0. The van der Waals surface area contributed by atoms with Crippen molar-refractivity contribution in [1.82, 2.24) is 0 Å². The first-order valence-corrected chi connectivity index (χ1v) is 6.63. The minimum Gasteiger partial charge on any atom is -0.326 e. The number of nitro groups is 1. The molecule has 1 unspecified atom stereocenters. The van der Waals surface area contributed by atoms with Crippen molar-refractivity contribution in [1.29, 1.82) is 0 Å². The first-order chi connectivity index (χ1) is 9.08. The third-order valence-corrected chi connectivity index (χ3v) is 3.09. The van der Waals surface area contributed by atoms with Crippen LogP contribution in [-0.2, 0) is 4.79 Å². The predicted molar refractivity (Wildman–Crippen MR) is 75.0 cm³/mol. The smallest absolute Gasteiger partial charge is 0.271 e. The number of nitrogens with one attached hydrogen (secondary N) is 1. The van der Waals surface area contributed by atoms with E-state index in [4.69, 9.17) is 0 Å². The summed E-state index contributed by atoms with van der Waals surface area (Å²) in [5.74, 6) is -0.0874. The largest absolute Gasteiger partial charge is 0.326 e.